The Morgan fingerprint density at radius 2 is 2.00 bits per heavy atom. The summed E-state index contributed by atoms with van der Waals surface area (Å²) in [6.07, 6.45) is 0. The smallest absolute Gasteiger partial charge is 0.334 e. The lowest BCUT2D eigenvalue weighted by Crippen LogP contribution is -2.30. The number of benzene rings is 1. The number of nitrogens with zero attached hydrogens (tertiary/aromatic N) is 1. The van der Waals surface area contributed by atoms with Crippen LogP contribution in [0.3, 0.4) is 0 Å². The summed E-state index contributed by atoms with van der Waals surface area (Å²) in [6, 6.07) is 8.04. The van der Waals surface area contributed by atoms with Gasteiger partial charge in [-0.15, -0.1) is 0 Å². The number of hydrogen-bond acceptors (Lipinski definition) is 4. The molecule has 0 aliphatic carbocycles. The molecule has 3 N–H and O–H groups in total. The Bertz CT molecular complexity index is 657. The topological polar surface area (TPSA) is 90.1 Å². The molecule has 2 aromatic rings. The van der Waals surface area contributed by atoms with Crippen LogP contribution in [0.2, 0.25) is 0 Å². The van der Waals surface area contributed by atoms with Gasteiger partial charge in [0.2, 0.25) is 0 Å². The number of rotatable bonds is 2. The van der Waals surface area contributed by atoms with Crippen LogP contribution in [0.25, 0.3) is 5.69 Å². The molecule has 0 saturated carbocycles. The molecule has 0 fully saturated rings. The average molecular weight is 233 g/mol. The molecule has 0 unspecified atom stereocenters. The van der Waals surface area contributed by atoms with Gasteiger partial charge in [-0.05, 0) is 12.1 Å². The van der Waals surface area contributed by atoms with Gasteiger partial charge in [0.05, 0.1) is 12.8 Å². The van der Waals surface area contributed by atoms with Crippen LogP contribution in [-0.2, 0) is 0 Å². The van der Waals surface area contributed by atoms with Crippen LogP contribution in [0.5, 0.6) is 5.75 Å². The van der Waals surface area contributed by atoms with Crippen LogP contribution in [-0.4, -0.2) is 16.7 Å². The number of ether oxygens (including phenoxy) is 1. The average Bonchev–Trinajstić information content (AvgIpc) is 2.28. The second kappa shape index (κ2) is 4.17. The highest BCUT2D eigenvalue weighted by Crippen LogP contribution is 2.21. The Morgan fingerprint density at radius 1 is 1.29 bits per heavy atom. The van der Waals surface area contributed by atoms with Crippen molar-refractivity contribution < 1.29 is 4.74 Å². The second-order valence-corrected chi connectivity index (χ2v) is 3.37. The van der Waals surface area contributed by atoms with Gasteiger partial charge in [0.1, 0.15) is 11.6 Å². The number of methoxy groups -OCH3 is 1. The van der Waals surface area contributed by atoms with Crippen molar-refractivity contribution in [2.24, 2.45) is 0 Å². The number of nitrogens with one attached hydrogen (secondary N) is 1. The van der Waals surface area contributed by atoms with Crippen molar-refractivity contribution in [1.82, 2.24) is 9.55 Å². The summed E-state index contributed by atoms with van der Waals surface area (Å²) in [5.41, 5.74) is 5.02. The van der Waals surface area contributed by atoms with Crippen molar-refractivity contribution in [2.75, 3.05) is 12.8 Å². The first-order valence-corrected chi connectivity index (χ1v) is 4.88. The molecular formula is C11H11N3O3. The number of aromatic amines is 1. The van der Waals surface area contributed by atoms with Crippen molar-refractivity contribution >= 4 is 5.82 Å². The van der Waals surface area contributed by atoms with Gasteiger partial charge >= 0.3 is 5.69 Å². The number of aromatic nitrogens is 2. The zero-order valence-corrected chi connectivity index (χ0v) is 9.14. The number of hydrogen-bond donors (Lipinski definition) is 2. The van der Waals surface area contributed by atoms with Crippen molar-refractivity contribution in [3.05, 3.63) is 51.2 Å². The fourth-order valence-corrected chi connectivity index (χ4v) is 1.58. The van der Waals surface area contributed by atoms with Gasteiger partial charge in [0.25, 0.3) is 5.56 Å². The third kappa shape index (κ3) is 1.92. The molecule has 0 radical (unpaired) electrons. The van der Waals surface area contributed by atoms with Gasteiger partial charge in [0.15, 0.2) is 0 Å². The molecule has 0 aliphatic rings. The second-order valence-electron chi connectivity index (χ2n) is 3.37. The van der Waals surface area contributed by atoms with Gasteiger partial charge in [-0.25, -0.2) is 9.36 Å². The molecule has 0 atom stereocenters. The molecule has 17 heavy (non-hydrogen) atoms. The lowest BCUT2D eigenvalue weighted by atomic mass is 10.3. The first-order valence-electron chi connectivity index (χ1n) is 4.88. The van der Waals surface area contributed by atoms with Crippen LogP contribution >= 0.6 is 0 Å². The zero-order chi connectivity index (χ0) is 12.4. The van der Waals surface area contributed by atoms with E-state index in [4.69, 9.17) is 10.5 Å². The van der Waals surface area contributed by atoms with E-state index in [2.05, 4.69) is 4.98 Å². The fraction of sp³-hybridized carbons (Fsp3) is 0.0909. The highest BCUT2D eigenvalue weighted by Gasteiger charge is 2.09. The van der Waals surface area contributed by atoms with E-state index in [1.54, 1.807) is 24.3 Å². The minimum Gasteiger partial charge on any atom is -0.495 e. The highest BCUT2D eigenvalue weighted by molar-refractivity contribution is 5.51. The minimum atomic E-state index is -0.598. The molecule has 6 heteroatoms. The summed E-state index contributed by atoms with van der Waals surface area (Å²) in [4.78, 5) is 24.9. The third-order valence-electron chi connectivity index (χ3n) is 2.30. The van der Waals surface area contributed by atoms with Crippen molar-refractivity contribution in [1.29, 1.82) is 0 Å². The Labute approximate surface area is 96.3 Å². The maximum Gasteiger partial charge on any atom is 0.334 e. The van der Waals surface area contributed by atoms with Crippen molar-refractivity contribution in [2.45, 2.75) is 0 Å². The summed E-state index contributed by atoms with van der Waals surface area (Å²) < 4.78 is 6.31. The Hall–Kier alpha value is -2.50. The Morgan fingerprint density at radius 3 is 2.65 bits per heavy atom. The first kappa shape index (κ1) is 11.0. The van der Waals surface area contributed by atoms with Gasteiger partial charge in [-0.1, -0.05) is 12.1 Å². The molecule has 88 valence electrons. The molecule has 0 saturated heterocycles. The summed E-state index contributed by atoms with van der Waals surface area (Å²) in [7, 11) is 1.49. The van der Waals surface area contributed by atoms with Crippen molar-refractivity contribution in [3.8, 4) is 11.4 Å². The van der Waals surface area contributed by atoms with Crippen LogP contribution in [0, 0.1) is 0 Å². The summed E-state index contributed by atoms with van der Waals surface area (Å²) >= 11 is 0. The molecule has 0 aliphatic heterocycles. The molecular weight excluding hydrogens is 222 g/mol. The predicted octanol–water partition coefficient (Wildman–Crippen LogP) is 0.117. The van der Waals surface area contributed by atoms with Crippen LogP contribution in [0.1, 0.15) is 0 Å². The lowest BCUT2D eigenvalue weighted by Gasteiger charge is -2.11. The first-order chi connectivity index (χ1) is 8.13. The summed E-state index contributed by atoms with van der Waals surface area (Å²) in [6.45, 7) is 0. The van der Waals surface area contributed by atoms with Gasteiger partial charge in [-0.3, -0.25) is 9.78 Å². The van der Waals surface area contributed by atoms with E-state index in [1.165, 1.54) is 11.7 Å². The van der Waals surface area contributed by atoms with Gasteiger partial charge in [-0.2, -0.15) is 0 Å². The van der Waals surface area contributed by atoms with E-state index in [9.17, 15) is 9.59 Å². The molecule has 1 heterocycles. The molecule has 0 spiro atoms. The lowest BCUT2D eigenvalue weighted by molar-refractivity contribution is 0.412. The third-order valence-corrected chi connectivity index (χ3v) is 2.30. The monoisotopic (exact) mass is 233 g/mol. The number of para-hydroxylation sites is 2. The zero-order valence-electron chi connectivity index (χ0n) is 9.14. The van der Waals surface area contributed by atoms with E-state index in [1.807, 2.05) is 0 Å². The summed E-state index contributed by atoms with van der Waals surface area (Å²) in [5.74, 6) is 0.552. The van der Waals surface area contributed by atoms with Crippen LogP contribution in [0.15, 0.2) is 39.9 Å². The molecule has 2 rings (SSSR count). The quantitative estimate of drug-likeness (QED) is 0.770. The normalized spacial score (nSPS) is 10.2. The van der Waals surface area contributed by atoms with Crippen LogP contribution in [0.4, 0.5) is 5.82 Å². The summed E-state index contributed by atoms with van der Waals surface area (Å²) in [5, 5.41) is 0. The number of H-pyrrole nitrogens is 1. The molecule has 1 aromatic heterocycles. The molecule has 6 nitrogen and oxygen atoms in total. The molecule has 1 aromatic carbocycles. The Kier molecular flexibility index (Phi) is 2.70. The van der Waals surface area contributed by atoms with Gasteiger partial charge in [0, 0.05) is 6.07 Å². The number of nitrogen functional groups attached to an aromatic ring is 1. The maximum atomic E-state index is 11.7. The van der Waals surface area contributed by atoms with Crippen LogP contribution < -0.4 is 21.7 Å². The van der Waals surface area contributed by atoms with E-state index in [0.29, 0.717) is 11.4 Å². The predicted molar refractivity (Wildman–Crippen MR) is 63.6 cm³/mol. The van der Waals surface area contributed by atoms with Gasteiger partial charge < -0.3 is 10.5 Å². The molecule has 0 amide bonds. The standard InChI is InChI=1S/C11H11N3O3/c1-17-8-5-3-2-4-7(8)14-9(12)6-10(15)13-11(14)16/h2-6H,12H2,1H3,(H,13,15,16). The van der Waals surface area contributed by atoms with E-state index < -0.39 is 11.2 Å². The molecule has 0 bridgehead atoms. The minimum absolute atomic E-state index is 0.0586. The highest BCUT2D eigenvalue weighted by atomic mass is 16.5. The Balaban J connectivity index is 2.77. The van der Waals surface area contributed by atoms with E-state index >= 15 is 0 Å². The largest absolute Gasteiger partial charge is 0.495 e. The number of nitrogens with two attached hydrogens (primary N) is 1. The van der Waals surface area contributed by atoms with E-state index in [-0.39, 0.29) is 5.82 Å². The maximum absolute atomic E-state index is 11.7. The van der Waals surface area contributed by atoms with E-state index in [0.717, 1.165) is 6.07 Å². The fourth-order valence-electron chi connectivity index (χ4n) is 1.58. The SMILES string of the molecule is COc1ccccc1-n1c(N)cc(=O)[nH]c1=O. The van der Waals surface area contributed by atoms with Crippen molar-refractivity contribution in [3.63, 3.8) is 0 Å². The number of anilines is 1.